The van der Waals surface area contributed by atoms with Gasteiger partial charge in [-0.25, -0.2) is 9.97 Å². The van der Waals surface area contributed by atoms with Crippen LogP contribution in [0.3, 0.4) is 0 Å². The van der Waals surface area contributed by atoms with Gasteiger partial charge in [0.2, 0.25) is 0 Å². The molecule has 0 unspecified atom stereocenters. The molecule has 2 aromatic carbocycles. The number of nitrogens with zero attached hydrogens (tertiary/aromatic N) is 3. The first-order valence-corrected chi connectivity index (χ1v) is 9.60. The van der Waals surface area contributed by atoms with Gasteiger partial charge in [0, 0.05) is 12.6 Å². The number of nitrogens with one attached hydrogen (secondary N) is 1. The van der Waals surface area contributed by atoms with E-state index >= 15 is 0 Å². The number of aromatic nitrogens is 2. The highest BCUT2D eigenvalue weighted by atomic mass is 16.3. The second-order valence-corrected chi connectivity index (χ2v) is 7.32. The summed E-state index contributed by atoms with van der Waals surface area (Å²) < 4.78 is 0. The number of unbranched alkanes of at least 4 members (excludes halogenated alkanes) is 2. The van der Waals surface area contributed by atoms with Crippen LogP contribution in [0, 0.1) is 0 Å². The number of benzene rings is 2. The van der Waals surface area contributed by atoms with Gasteiger partial charge in [-0.2, -0.15) is 0 Å². The summed E-state index contributed by atoms with van der Waals surface area (Å²) >= 11 is 0. The number of aldehydes is 1. The van der Waals surface area contributed by atoms with Crippen molar-refractivity contribution in [2.75, 3.05) is 27.2 Å². The topological polar surface area (TPSA) is 136 Å². The molecular formula is C21H24N4O5. The third-order valence-electron chi connectivity index (χ3n) is 4.78. The van der Waals surface area contributed by atoms with Gasteiger partial charge in [-0.1, -0.05) is 6.42 Å². The van der Waals surface area contributed by atoms with Crippen molar-refractivity contribution in [3.63, 3.8) is 0 Å². The van der Waals surface area contributed by atoms with Crippen LogP contribution < -0.4 is 5.32 Å². The molecule has 1 heterocycles. The first-order chi connectivity index (χ1) is 14.3. The van der Waals surface area contributed by atoms with Crippen LogP contribution in [0.4, 0.5) is 0 Å². The van der Waals surface area contributed by atoms with Crippen LogP contribution in [0.25, 0.3) is 22.1 Å². The van der Waals surface area contributed by atoms with Crippen LogP contribution in [0.2, 0.25) is 0 Å². The van der Waals surface area contributed by atoms with Gasteiger partial charge in [0.05, 0.1) is 11.1 Å². The molecule has 158 valence electrons. The summed E-state index contributed by atoms with van der Waals surface area (Å²) in [6, 6.07) is 3.73. The molecule has 4 N–H and O–H groups in total. The zero-order valence-electron chi connectivity index (χ0n) is 16.8. The Morgan fingerprint density at radius 1 is 0.967 bits per heavy atom. The molecule has 0 saturated carbocycles. The smallest absolute Gasteiger partial charge is 0.253 e. The lowest BCUT2D eigenvalue weighted by molar-refractivity contribution is 0.0954. The van der Waals surface area contributed by atoms with Gasteiger partial charge in [0.1, 0.15) is 39.3 Å². The van der Waals surface area contributed by atoms with Crippen molar-refractivity contribution in [1.29, 1.82) is 0 Å². The van der Waals surface area contributed by atoms with Crippen LogP contribution in [-0.2, 0) is 0 Å². The molecule has 0 bridgehead atoms. The van der Waals surface area contributed by atoms with E-state index in [1.807, 2.05) is 14.1 Å². The Kier molecular flexibility index (Phi) is 6.31. The van der Waals surface area contributed by atoms with Gasteiger partial charge in [0.25, 0.3) is 5.91 Å². The number of aromatic hydroxyl groups is 3. The van der Waals surface area contributed by atoms with E-state index in [-0.39, 0.29) is 44.9 Å². The molecule has 9 heteroatoms. The van der Waals surface area contributed by atoms with E-state index in [1.165, 1.54) is 12.1 Å². The molecule has 0 saturated heterocycles. The molecule has 3 rings (SSSR count). The summed E-state index contributed by atoms with van der Waals surface area (Å²) in [4.78, 5) is 34.6. The minimum atomic E-state index is -0.452. The predicted molar refractivity (Wildman–Crippen MR) is 112 cm³/mol. The lowest BCUT2D eigenvalue weighted by Gasteiger charge is -2.11. The zero-order valence-corrected chi connectivity index (χ0v) is 16.8. The number of amides is 1. The molecular weight excluding hydrogens is 388 g/mol. The van der Waals surface area contributed by atoms with Crippen molar-refractivity contribution >= 4 is 34.3 Å². The summed E-state index contributed by atoms with van der Waals surface area (Å²) in [6.07, 6.45) is 3.23. The number of fused-ring (bicyclic) bond motifs is 2. The second kappa shape index (κ2) is 8.91. The van der Waals surface area contributed by atoms with Crippen LogP contribution in [0.15, 0.2) is 18.2 Å². The van der Waals surface area contributed by atoms with E-state index in [1.54, 1.807) is 0 Å². The molecule has 0 aliphatic carbocycles. The summed E-state index contributed by atoms with van der Waals surface area (Å²) in [5.41, 5.74) is -0.0102. The monoisotopic (exact) mass is 412 g/mol. The van der Waals surface area contributed by atoms with Crippen LogP contribution in [0.5, 0.6) is 17.2 Å². The summed E-state index contributed by atoms with van der Waals surface area (Å²) in [6.45, 7) is 1.48. The fraction of sp³-hybridized carbons (Fsp3) is 0.333. The van der Waals surface area contributed by atoms with Gasteiger partial charge >= 0.3 is 0 Å². The van der Waals surface area contributed by atoms with Crippen molar-refractivity contribution < 1.29 is 24.9 Å². The van der Waals surface area contributed by atoms with E-state index < -0.39 is 11.5 Å². The Morgan fingerprint density at radius 2 is 1.67 bits per heavy atom. The van der Waals surface area contributed by atoms with E-state index in [9.17, 15) is 24.9 Å². The molecule has 9 nitrogen and oxygen atoms in total. The number of hydrogen-bond donors (Lipinski definition) is 4. The van der Waals surface area contributed by atoms with Crippen molar-refractivity contribution in [2.24, 2.45) is 0 Å². The highest BCUT2D eigenvalue weighted by molar-refractivity contribution is 6.09. The zero-order chi connectivity index (χ0) is 21.8. The van der Waals surface area contributed by atoms with Crippen molar-refractivity contribution in [2.45, 2.75) is 19.3 Å². The maximum absolute atomic E-state index is 12.7. The van der Waals surface area contributed by atoms with Crippen molar-refractivity contribution in [3.8, 4) is 17.2 Å². The van der Waals surface area contributed by atoms with Crippen LogP contribution in [0.1, 0.15) is 40.0 Å². The van der Waals surface area contributed by atoms with Gasteiger partial charge in [-0.3, -0.25) is 9.59 Å². The first kappa shape index (κ1) is 21.3. The van der Waals surface area contributed by atoms with Crippen LogP contribution in [-0.4, -0.2) is 69.6 Å². The van der Waals surface area contributed by atoms with Gasteiger partial charge < -0.3 is 25.5 Å². The highest BCUT2D eigenvalue weighted by Crippen LogP contribution is 2.35. The van der Waals surface area contributed by atoms with E-state index in [0.29, 0.717) is 12.8 Å². The maximum atomic E-state index is 12.7. The maximum Gasteiger partial charge on any atom is 0.253 e. The molecule has 0 atom stereocenters. The number of rotatable bonds is 8. The van der Waals surface area contributed by atoms with Gasteiger partial charge in [0.15, 0.2) is 6.29 Å². The number of phenolic OH excluding ortho intramolecular Hbond substituents is 3. The average Bonchev–Trinajstić information content (AvgIpc) is 2.70. The molecule has 0 spiro atoms. The molecule has 1 aromatic heterocycles. The molecule has 0 aliphatic heterocycles. The normalized spacial score (nSPS) is 11.3. The minimum Gasteiger partial charge on any atom is -0.507 e. The van der Waals surface area contributed by atoms with Gasteiger partial charge in [-0.05, 0) is 45.6 Å². The van der Waals surface area contributed by atoms with Gasteiger partial charge in [-0.15, -0.1) is 0 Å². The molecule has 3 aromatic rings. The minimum absolute atomic E-state index is 0.00534. The summed E-state index contributed by atoms with van der Waals surface area (Å²) in [7, 11) is 4.03. The predicted octanol–water partition coefficient (Wildman–Crippen LogP) is 2.17. The fourth-order valence-electron chi connectivity index (χ4n) is 3.21. The first-order valence-electron chi connectivity index (χ1n) is 9.60. The van der Waals surface area contributed by atoms with Crippen molar-refractivity contribution in [3.05, 3.63) is 29.3 Å². The summed E-state index contributed by atoms with van der Waals surface area (Å²) in [5.74, 6) is -1.46. The Bertz CT molecular complexity index is 1110. The average molecular weight is 412 g/mol. The quantitative estimate of drug-likeness (QED) is 0.251. The lowest BCUT2D eigenvalue weighted by atomic mass is 10.1. The number of phenols is 3. The molecule has 0 radical (unpaired) electrons. The number of carbonyl (C=O) groups excluding carboxylic acids is 2. The summed E-state index contributed by atoms with van der Waals surface area (Å²) in [5, 5.41) is 33.1. The second-order valence-electron chi connectivity index (χ2n) is 7.32. The Morgan fingerprint density at radius 3 is 2.37 bits per heavy atom. The SMILES string of the molecule is CN(C)CCCCCNC(=O)c1ccc(O)c2nc3c(C=O)c(O)cc(O)c3nc12. The molecule has 0 fully saturated rings. The Labute approximate surface area is 173 Å². The van der Waals surface area contributed by atoms with E-state index in [0.717, 1.165) is 31.9 Å². The third-order valence-corrected chi connectivity index (χ3v) is 4.78. The van der Waals surface area contributed by atoms with E-state index in [2.05, 4.69) is 20.2 Å². The number of carbonyl (C=O) groups is 2. The third kappa shape index (κ3) is 4.25. The Hall–Kier alpha value is -3.46. The molecule has 30 heavy (non-hydrogen) atoms. The molecule has 0 aliphatic rings. The van der Waals surface area contributed by atoms with Crippen LogP contribution >= 0.6 is 0 Å². The Balaban J connectivity index is 1.92. The van der Waals surface area contributed by atoms with E-state index in [4.69, 9.17) is 0 Å². The fourth-order valence-corrected chi connectivity index (χ4v) is 3.21. The molecule has 1 amide bonds. The largest absolute Gasteiger partial charge is 0.507 e. The van der Waals surface area contributed by atoms with Crippen molar-refractivity contribution in [1.82, 2.24) is 20.2 Å². The number of hydrogen-bond acceptors (Lipinski definition) is 8. The highest BCUT2D eigenvalue weighted by Gasteiger charge is 2.20. The standard InChI is InChI=1S/C21H24N4O5/c1-25(2)9-5-3-4-8-22-21(30)12-6-7-14(27)19-17(12)23-20-16(29)10-15(28)13(11-26)18(20)24-19/h6-7,10-11,27-29H,3-5,8-9H2,1-2H3,(H,22,30). The lowest BCUT2D eigenvalue weighted by Crippen LogP contribution is -2.25.